The van der Waals surface area contributed by atoms with Crippen LogP contribution >= 0.6 is 0 Å². The van der Waals surface area contributed by atoms with Gasteiger partial charge in [-0.2, -0.15) is 0 Å². The minimum absolute atomic E-state index is 0.0905. The van der Waals surface area contributed by atoms with Crippen LogP contribution in [0.5, 0.6) is 0 Å². The van der Waals surface area contributed by atoms with Crippen LogP contribution in [0.25, 0.3) is 0 Å². The molecule has 0 radical (unpaired) electrons. The van der Waals surface area contributed by atoms with Gasteiger partial charge in [0.15, 0.2) is 0 Å². The van der Waals surface area contributed by atoms with E-state index in [1.165, 1.54) is 19.3 Å². The average molecular weight is 317 g/mol. The molecule has 1 aromatic carbocycles. The van der Waals surface area contributed by atoms with Crippen LogP contribution in [-0.2, 0) is 4.79 Å². The Morgan fingerprint density at radius 3 is 2.39 bits per heavy atom. The predicted molar refractivity (Wildman–Crippen MR) is 86.5 cm³/mol. The van der Waals surface area contributed by atoms with E-state index in [-0.39, 0.29) is 11.9 Å². The second-order valence-electron chi connectivity index (χ2n) is 6.28. The number of amides is 2. The smallest absolute Gasteiger partial charge is 0.274 e. The monoisotopic (exact) mass is 317 g/mol. The molecule has 1 saturated heterocycles. The summed E-state index contributed by atoms with van der Waals surface area (Å²) in [6.45, 7) is 0.720. The van der Waals surface area contributed by atoms with E-state index < -0.39 is 5.91 Å². The Balaban J connectivity index is 1.87. The molecule has 2 amide bonds. The second kappa shape index (κ2) is 7.00. The topological polar surface area (TPSA) is 81.7 Å². The molecule has 1 aliphatic heterocycles. The molecule has 1 unspecified atom stereocenters. The summed E-state index contributed by atoms with van der Waals surface area (Å²) in [5.41, 5.74) is 3.00. The molecule has 6 nitrogen and oxygen atoms in total. The molecule has 1 saturated carbocycles. The van der Waals surface area contributed by atoms with Gasteiger partial charge in [-0.05, 0) is 43.5 Å². The first-order valence-electron chi connectivity index (χ1n) is 8.31. The summed E-state index contributed by atoms with van der Waals surface area (Å²) in [6, 6.07) is 7.34. The third kappa shape index (κ3) is 3.32. The zero-order chi connectivity index (χ0) is 16.2. The Kier molecular flexibility index (Phi) is 4.81. The predicted octanol–water partition coefficient (Wildman–Crippen LogP) is 1.83. The maximum atomic E-state index is 12.2. The van der Waals surface area contributed by atoms with E-state index in [9.17, 15) is 9.59 Å². The molecule has 2 fully saturated rings. The minimum atomic E-state index is -0.528. The Hall–Kier alpha value is -2.08. The lowest BCUT2D eigenvalue weighted by Gasteiger charge is -2.39. The highest BCUT2D eigenvalue weighted by molar-refractivity contribution is 5.94. The van der Waals surface area contributed by atoms with Crippen molar-refractivity contribution in [2.45, 2.75) is 50.6 Å². The fourth-order valence-electron chi connectivity index (χ4n) is 3.70. The van der Waals surface area contributed by atoms with Crippen LogP contribution in [-0.4, -0.2) is 35.7 Å². The largest absolute Gasteiger partial charge is 0.356 e. The van der Waals surface area contributed by atoms with Gasteiger partial charge in [0, 0.05) is 23.8 Å². The van der Waals surface area contributed by atoms with E-state index in [0.29, 0.717) is 11.6 Å². The van der Waals surface area contributed by atoms with Gasteiger partial charge in [0.05, 0.1) is 0 Å². The van der Waals surface area contributed by atoms with Crippen molar-refractivity contribution >= 4 is 17.5 Å². The lowest BCUT2D eigenvalue weighted by atomic mass is 9.92. The summed E-state index contributed by atoms with van der Waals surface area (Å²) in [5, 5.41) is 11.6. The van der Waals surface area contributed by atoms with E-state index in [4.69, 9.17) is 5.21 Å². The molecular weight excluding hydrogens is 294 g/mol. The summed E-state index contributed by atoms with van der Waals surface area (Å²) in [4.78, 5) is 25.9. The van der Waals surface area contributed by atoms with Gasteiger partial charge < -0.3 is 10.2 Å². The van der Waals surface area contributed by atoms with E-state index in [1.54, 1.807) is 17.6 Å². The van der Waals surface area contributed by atoms with Crippen LogP contribution in [0.15, 0.2) is 24.3 Å². The summed E-state index contributed by atoms with van der Waals surface area (Å²) in [6.07, 6.45) is 6.66. The fourth-order valence-corrected chi connectivity index (χ4v) is 3.70. The van der Waals surface area contributed by atoms with Crippen molar-refractivity contribution < 1.29 is 14.8 Å². The summed E-state index contributed by atoms with van der Waals surface area (Å²) in [7, 11) is 0. The molecule has 23 heavy (non-hydrogen) atoms. The highest BCUT2D eigenvalue weighted by atomic mass is 16.5. The Bertz CT molecular complexity index is 567. The number of rotatable bonds is 4. The Morgan fingerprint density at radius 1 is 1.13 bits per heavy atom. The molecule has 124 valence electrons. The van der Waals surface area contributed by atoms with E-state index in [2.05, 4.69) is 10.2 Å². The van der Waals surface area contributed by atoms with Crippen molar-refractivity contribution in [3.05, 3.63) is 29.8 Å². The maximum Gasteiger partial charge on any atom is 0.274 e. The molecular formula is C17H23N3O3. The van der Waals surface area contributed by atoms with Crippen molar-refractivity contribution in [3.63, 3.8) is 0 Å². The van der Waals surface area contributed by atoms with Gasteiger partial charge in [-0.25, -0.2) is 5.48 Å². The molecule has 0 spiro atoms. The Labute approximate surface area is 135 Å². The first-order chi connectivity index (χ1) is 11.2. The average Bonchev–Trinajstić information content (AvgIpc) is 3.02. The fraction of sp³-hybridized carbons (Fsp3) is 0.529. The van der Waals surface area contributed by atoms with Gasteiger partial charge in [0.2, 0.25) is 5.91 Å². The van der Waals surface area contributed by atoms with Gasteiger partial charge in [-0.15, -0.1) is 0 Å². The molecule has 0 bridgehead atoms. The number of carbonyl (C=O) groups is 2. The number of nitrogens with one attached hydrogen (secondary N) is 2. The standard InChI is InChI=1S/C17H23N3O3/c21-16(19-23)12-6-8-14(9-7-12)20(13-4-2-1-3-5-13)15-10-11-18-17(15)22/h6-9,13,15,23H,1-5,10-11H2,(H,18,22)(H,19,21). The first-order valence-corrected chi connectivity index (χ1v) is 8.31. The molecule has 1 aliphatic carbocycles. The van der Waals surface area contributed by atoms with Crippen LogP contribution in [0.4, 0.5) is 5.69 Å². The maximum absolute atomic E-state index is 12.2. The molecule has 3 N–H and O–H groups in total. The first kappa shape index (κ1) is 15.8. The van der Waals surface area contributed by atoms with Gasteiger partial charge in [-0.1, -0.05) is 19.3 Å². The lowest BCUT2D eigenvalue weighted by molar-refractivity contribution is -0.120. The molecule has 0 aromatic heterocycles. The molecule has 3 rings (SSSR count). The van der Waals surface area contributed by atoms with Gasteiger partial charge in [-0.3, -0.25) is 14.8 Å². The van der Waals surface area contributed by atoms with Gasteiger partial charge in [0.25, 0.3) is 5.91 Å². The Morgan fingerprint density at radius 2 is 1.83 bits per heavy atom. The van der Waals surface area contributed by atoms with Crippen molar-refractivity contribution in [1.29, 1.82) is 0 Å². The number of hydrogen-bond donors (Lipinski definition) is 3. The minimum Gasteiger partial charge on any atom is -0.356 e. The van der Waals surface area contributed by atoms with Crippen LogP contribution < -0.4 is 15.7 Å². The molecule has 6 heteroatoms. The number of hydroxylamine groups is 1. The summed E-state index contributed by atoms with van der Waals surface area (Å²) < 4.78 is 0. The summed E-state index contributed by atoms with van der Waals surface area (Å²) in [5.74, 6) is -0.438. The van der Waals surface area contributed by atoms with E-state index in [1.807, 2.05) is 12.1 Å². The summed E-state index contributed by atoms with van der Waals surface area (Å²) >= 11 is 0. The van der Waals surface area contributed by atoms with Crippen molar-refractivity contribution in [3.8, 4) is 0 Å². The van der Waals surface area contributed by atoms with Gasteiger partial charge in [0.1, 0.15) is 6.04 Å². The van der Waals surface area contributed by atoms with Crippen molar-refractivity contribution in [1.82, 2.24) is 10.8 Å². The van der Waals surface area contributed by atoms with E-state index in [0.717, 1.165) is 31.5 Å². The highest BCUT2D eigenvalue weighted by Gasteiger charge is 2.35. The highest BCUT2D eigenvalue weighted by Crippen LogP contribution is 2.31. The number of benzene rings is 1. The number of carbonyl (C=O) groups excluding carboxylic acids is 2. The van der Waals surface area contributed by atoms with Crippen molar-refractivity contribution in [2.24, 2.45) is 0 Å². The third-order valence-electron chi connectivity index (χ3n) is 4.85. The van der Waals surface area contributed by atoms with Gasteiger partial charge >= 0.3 is 0 Å². The van der Waals surface area contributed by atoms with Crippen LogP contribution in [0.2, 0.25) is 0 Å². The van der Waals surface area contributed by atoms with Crippen LogP contribution in [0.3, 0.4) is 0 Å². The third-order valence-corrected chi connectivity index (χ3v) is 4.85. The number of hydrogen-bond acceptors (Lipinski definition) is 4. The molecule has 1 atom stereocenters. The van der Waals surface area contributed by atoms with Crippen molar-refractivity contribution in [2.75, 3.05) is 11.4 Å². The zero-order valence-electron chi connectivity index (χ0n) is 13.1. The molecule has 2 aliphatic rings. The van der Waals surface area contributed by atoms with E-state index >= 15 is 0 Å². The second-order valence-corrected chi connectivity index (χ2v) is 6.28. The normalized spacial score (nSPS) is 21.8. The van der Waals surface area contributed by atoms with Crippen LogP contribution in [0, 0.1) is 0 Å². The number of nitrogens with zero attached hydrogens (tertiary/aromatic N) is 1. The zero-order valence-corrected chi connectivity index (χ0v) is 13.1. The SMILES string of the molecule is O=C(NO)c1ccc(N(C2CCCCC2)C2CCNC2=O)cc1. The quantitative estimate of drug-likeness (QED) is 0.584. The molecule has 1 heterocycles. The number of anilines is 1. The molecule has 1 aromatic rings. The van der Waals surface area contributed by atoms with Crippen LogP contribution in [0.1, 0.15) is 48.9 Å². The lowest BCUT2D eigenvalue weighted by Crippen LogP contribution is -2.48.